The van der Waals surface area contributed by atoms with E-state index < -0.39 is 0 Å². The minimum Gasteiger partial charge on any atom is -0.456 e. The smallest absolute Gasteiger partial charge is 0.338 e. The maximum absolute atomic E-state index is 12.5. The molecule has 1 rings (SSSR count). The number of benzene rings is 1. The molecule has 1 aromatic rings. The first-order valence-electron chi connectivity index (χ1n) is 10.4. The SMILES string of the molecule is CCCCc1cccc(C(=O)OC(CCCCCCC(C)C)COC)c1. The van der Waals surface area contributed by atoms with Gasteiger partial charge >= 0.3 is 5.97 Å². The lowest BCUT2D eigenvalue weighted by Gasteiger charge is -2.17. The van der Waals surface area contributed by atoms with Crippen LogP contribution in [0.3, 0.4) is 0 Å². The van der Waals surface area contributed by atoms with E-state index in [2.05, 4.69) is 26.8 Å². The maximum atomic E-state index is 12.5. The van der Waals surface area contributed by atoms with Crippen molar-refractivity contribution in [1.82, 2.24) is 0 Å². The molecule has 0 radical (unpaired) electrons. The maximum Gasteiger partial charge on any atom is 0.338 e. The van der Waals surface area contributed by atoms with Crippen molar-refractivity contribution in [3.8, 4) is 0 Å². The van der Waals surface area contributed by atoms with Crippen LogP contribution in [-0.2, 0) is 15.9 Å². The summed E-state index contributed by atoms with van der Waals surface area (Å²) in [6.07, 6.45) is 10.1. The average Bonchev–Trinajstić information content (AvgIpc) is 2.62. The van der Waals surface area contributed by atoms with E-state index in [0.717, 1.165) is 38.0 Å². The lowest BCUT2D eigenvalue weighted by molar-refractivity contribution is 0.00236. The zero-order chi connectivity index (χ0) is 19.2. The minimum atomic E-state index is -0.231. The van der Waals surface area contributed by atoms with Gasteiger partial charge in [0.25, 0.3) is 0 Å². The number of methoxy groups -OCH3 is 1. The fraction of sp³-hybridized carbons (Fsp3) is 0.696. The molecule has 148 valence electrons. The Morgan fingerprint density at radius 2 is 1.77 bits per heavy atom. The summed E-state index contributed by atoms with van der Waals surface area (Å²) in [5.41, 5.74) is 1.85. The third kappa shape index (κ3) is 9.96. The van der Waals surface area contributed by atoms with Crippen LogP contribution < -0.4 is 0 Å². The van der Waals surface area contributed by atoms with E-state index in [4.69, 9.17) is 9.47 Å². The lowest BCUT2D eigenvalue weighted by atomic mass is 10.0. The van der Waals surface area contributed by atoms with Crippen molar-refractivity contribution in [3.63, 3.8) is 0 Å². The number of rotatable bonds is 14. The van der Waals surface area contributed by atoms with Crippen LogP contribution in [-0.4, -0.2) is 25.8 Å². The van der Waals surface area contributed by atoms with Gasteiger partial charge in [-0.2, -0.15) is 0 Å². The summed E-state index contributed by atoms with van der Waals surface area (Å²) in [6, 6.07) is 7.83. The molecule has 0 saturated carbocycles. The molecule has 0 N–H and O–H groups in total. The van der Waals surface area contributed by atoms with Crippen molar-refractivity contribution in [2.75, 3.05) is 13.7 Å². The molecule has 1 aromatic carbocycles. The summed E-state index contributed by atoms with van der Waals surface area (Å²) < 4.78 is 11.0. The van der Waals surface area contributed by atoms with Crippen molar-refractivity contribution >= 4 is 5.97 Å². The van der Waals surface area contributed by atoms with Crippen molar-refractivity contribution in [2.45, 2.75) is 84.7 Å². The number of esters is 1. The molecule has 0 heterocycles. The number of hydrogen-bond donors (Lipinski definition) is 0. The summed E-state index contributed by atoms with van der Waals surface area (Å²) in [7, 11) is 1.66. The molecular weight excluding hydrogens is 324 g/mol. The number of hydrogen-bond acceptors (Lipinski definition) is 3. The summed E-state index contributed by atoms with van der Waals surface area (Å²) in [5, 5.41) is 0. The third-order valence-electron chi connectivity index (χ3n) is 4.67. The number of carbonyl (C=O) groups excluding carboxylic acids is 1. The molecule has 0 amide bonds. The lowest BCUT2D eigenvalue weighted by Crippen LogP contribution is -2.23. The van der Waals surface area contributed by atoms with Crippen LogP contribution in [0.4, 0.5) is 0 Å². The summed E-state index contributed by atoms with van der Waals surface area (Å²) in [4.78, 5) is 12.5. The van der Waals surface area contributed by atoms with E-state index in [1.54, 1.807) is 7.11 Å². The predicted molar refractivity (Wildman–Crippen MR) is 109 cm³/mol. The predicted octanol–water partition coefficient (Wildman–Crippen LogP) is 6.20. The van der Waals surface area contributed by atoms with E-state index in [1.807, 2.05) is 18.2 Å². The summed E-state index contributed by atoms with van der Waals surface area (Å²) in [6.45, 7) is 7.18. The van der Waals surface area contributed by atoms with E-state index >= 15 is 0 Å². The Kier molecular flexibility index (Phi) is 12.0. The Labute approximate surface area is 160 Å². The number of unbranched alkanes of at least 4 members (excludes halogenated alkanes) is 4. The Hall–Kier alpha value is -1.35. The minimum absolute atomic E-state index is 0.156. The van der Waals surface area contributed by atoms with Gasteiger partial charge in [-0.05, 0) is 49.3 Å². The number of aryl methyl sites for hydroxylation is 1. The summed E-state index contributed by atoms with van der Waals surface area (Å²) in [5.74, 6) is 0.551. The van der Waals surface area contributed by atoms with Gasteiger partial charge in [0.05, 0.1) is 12.2 Å². The zero-order valence-corrected chi connectivity index (χ0v) is 17.3. The molecule has 0 aliphatic rings. The second-order valence-electron chi connectivity index (χ2n) is 7.67. The zero-order valence-electron chi connectivity index (χ0n) is 17.3. The first kappa shape index (κ1) is 22.7. The topological polar surface area (TPSA) is 35.5 Å². The van der Waals surface area contributed by atoms with Gasteiger partial charge in [-0.25, -0.2) is 4.79 Å². The van der Waals surface area contributed by atoms with Gasteiger partial charge in [-0.15, -0.1) is 0 Å². The largest absolute Gasteiger partial charge is 0.456 e. The quantitative estimate of drug-likeness (QED) is 0.292. The molecular formula is C23H38O3. The fourth-order valence-electron chi connectivity index (χ4n) is 3.09. The van der Waals surface area contributed by atoms with Crippen LogP contribution in [0.25, 0.3) is 0 Å². The van der Waals surface area contributed by atoms with Gasteiger partial charge in [0.2, 0.25) is 0 Å². The number of ether oxygens (including phenoxy) is 2. The molecule has 1 atom stereocenters. The molecule has 26 heavy (non-hydrogen) atoms. The highest BCUT2D eigenvalue weighted by atomic mass is 16.6. The Bertz CT molecular complexity index is 496. The van der Waals surface area contributed by atoms with E-state index in [-0.39, 0.29) is 12.1 Å². The molecule has 1 unspecified atom stereocenters. The van der Waals surface area contributed by atoms with Crippen molar-refractivity contribution in [3.05, 3.63) is 35.4 Å². The van der Waals surface area contributed by atoms with Crippen LogP contribution >= 0.6 is 0 Å². The molecule has 0 fully saturated rings. The number of carbonyl (C=O) groups is 1. The fourth-order valence-corrected chi connectivity index (χ4v) is 3.09. The molecule has 3 heteroatoms. The van der Waals surface area contributed by atoms with E-state index in [1.165, 1.54) is 31.2 Å². The van der Waals surface area contributed by atoms with Crippen molar-refractivity contribution < 1.29 is 14.3 Å². The van der Waals surface area contributed by atoms with Crippen molar-refractivity contribution in [2.24, 2.45) is 5.92 Å². The molecule has 0 aliphatic carbocycles. The molecule has 0 spiro atoms. The molecule has 0 saturated heterocycles. The van der Waals surface area contributed by atoms with Gasteiger partial charge < -0.3 is 9.47 Å². The van der Waals surface area contributed by atoms with Gasteiger partial charge in [-0.3, -0.25) is 0 Å². The highest BCUT2D eigenvalue weighted by molar-refractivity contribution is 5.89. The molecule has 0 aliphatic heterocycles. The highest BCUT2D eigenvalue weighted by Gasteiger charge is 2.16. The standard InChI is InChI=1S/C23H38O3/c1-5-6-13-20-14-11-15-21(17-20)23(24)26-22(18-25-4)16-10-8-7-9-12-19(2)3/h11,14-15,17,19,22H,5-10,12-13,16,18H2,1-4H3. The monoisotopic (exact) mass is 362 g/mol. The Morgan fingerprint density at radius 1 is 1.04 bits per heavy atom. The van der Waals surface area contributed by atoms with Crippen LogP contribution in [0.2, 0.25) is 0 Å². The second-order valence-corrected chi connectivity index (χ2v) is 7.67. The normalized spacial score (nSPS) is 12.3. The Balaban J connectivity index is 2.43. The summed E-state index contributed by atoms with van der Waals surface area (Å²) >= 11 is 0. The molecule has 0 aromatic heterocycles. The molecule has 3 nitrogen and oxygen atoms in total. The van der Waals surface area contributed by atoms with Gasteiger partial charge in [-0.1, -0.05) is 65.0 Å². The third-order valence-corrected chi connectivity index (χ3v) is 4.67. The second kappa shape index (κ2) is 13.8. The first-order chi connectivity index (χ1) is 12.6. The average molecular weight is 363 g/mol. The highest BCUT2D eigenvalue weighted by Crippen LogP contribution is 2.15. The van der Waals surface area contributed by atoms with Crippen LogP contribution in [0, 0.1) is 5.92 Å². The molecule has 0 bridgehead atoms. The van der Waals surface area contributed by atoms with Gasteiger partial charge in [0.15, 0.2) is 0 Å². The van der Waals surface area contributed by atoms with E-state index in [9.17, 15) is 4.79 Å². The van der Waals surface area contributed by atoms with Gasteiger partial charge in [0, 0.05) is 7.11 Å². The first-order valence-corrected chi connectivity index (χ1v) is 10.4. The Morgan fingerprint density at radius 3 is 2.42 bits per heavy atom. The van der Waals surface area contributed by atoms with Crippen LogP contribution in [0.1, 0.15) is 88.1 Å². The van der Waals surface area contributed by atoms with Crippen LogP contribution in [0.5, 0.6) is 0 Å². The van der Waals surface area contributed by atoms with Crippen LogP contribution in [0.15, 0.2) is 24.3 Å². The van der Waals surface area contributed by atoms with E-state index in [0.29, 0.717) is 12.2 Å². The van der Waals surface area contributed by atoms with Crippen molar-refractivity contribution in [1.29, 1.82) is 0 Å². The van der Waals surface area contributed by atoms with Gasteiger partial charge in [0.1, 0.15) is 6.10 Å².